The molecule has 5 heteroatoms. The van der Waals surface area contributed by atoms with Gasteiger partial charge in [0.2, 0.25) is 10.0 Å². The lowest BCUT2D eigenvalue weighted by Gasteiger charge is -2.19. The molecule has 2 aromatic rings. The van der Waals surface area contributed by atoms with Gasteiger partial charge in [-0.15, -0.1) is 0 Å². The highest BCUT2D eigenvalue weighted by molar-refractivity contribution is 7.89. The second kappa shape index (κ2) is 7.95. The van der Waals surface area contributed by atoms with E-state index in [1.54, 1.807) is 36.4 Å². The highest BCUT2D eigenvalue weighted by Gasteiger charge is 2.21. The molecule has 124 valence electrons. The van der Waals surface area contributed by atoms with Gasteiger partial charge in [-0.3, -0.25) is 0 Å². The first kappa shape index (κ1) is 18.0. The van der Waals surface area contributed by atoms with Crippen molar-refractivity contribution in [2.75, 3.05) is 0 Å². The third-order valence-corrected chi connectivity index (χ3v) is 5.49. The lowest BCUT2D eigenvalue weighted by atomic mass is 10.0. The van der Waals surface area contributed by atoms with Gasteiger partial charge < -0.3 is 0 Å². The van der Waals surface area contributed by atoms with Crippen molar-refractivity contribution < 1.29 is 8.42 Å². The van der Waals surface area contributed by atoms with E-state index in [0.29, 0.717) is 9.92 Å². The van der Waals surface area contributed by atoms with Gasteiger partial charge in [-0.05, 0) is 43.2 Å². The number of nitrogens with one attached hydrogen (secondary N) is 1. The van der Waals surface area contributed by atoms with Gasteiger partial charge in [0.25, 0.3) is 0 Å². The summed E-state index contributed by atoms with van der Waals surface area (Å²) in [6.45, 7) is 4.02. The Labute approximate surface area is 143 Å². The highest BCUT2D eigenvalue weighted by atomic mass is 35.5. The van der Waals surface area contributed by atoms with Crippen molar-refractivity contribution in [2.24, 2.45) is 0 Å². The van der Waals surface area contributed by atoms with E-state index in [2.05, 4.69) is 11.6 Å². The van der Waals surface area contributed by atoms with Crippen LogP contribution in [0.15, 0.2) is 53.4 Å². The molecule has 0 spiro atoms. The van der Waals surface area contributed by atoms with Gasteiger partial charge >= 0.3 is 0 Å². The van der Waals surface area contributed by atoms with E-state index in [0.717, 1.165) is 30.4 Å². The SMILES string of the molecule is CCCCC(NS(=O)(=O)c1ccc(C)cc1)c1ccc(Cl)cc1. The average molecular weight is 352 g/mol. The molecule has 1 atom stereocenters. The van der Waals surface area contributed by atoms with E-state index >= 15 is 0 Å². The van der Waals surface area contributed by atoms with Crippen LogP contribution in [0.3, 0.4) is 0 Å². The van der Waals surface area contributed by atoms with Crippen LogP contribution < -0.4 is 4.72 Å². The number of hydrogen-bond acceptors (Lipinski definition) is 2. The minimum Gasteiger partial charge on any atom is -0.207 e. The first-order chi connectivity index (χ1) is 10.9. The van der Waals surface area contributed by atoms with Gasteiger partial charge in [-0.25, -0.2) is 13.1 Å². The fourth-order valence-electron chi connectivity index (χ4n) is 2.37. The Morgan fingerprint density at radius 3 is 2.22 bits per heavy atom. The molecule has 0 bridgehead atoms. The number of halogens is 1. The summed E-state index contributed by atoms with van der Waals surface area (Å²) >= 11 is 5.93. The Hall–Kier alpha value is -1.36. The molecule has 0 aliphatic heterocycles. The van der Waals surface area contributed by atoms with Crippen molar-refractivity contribution in [1.82, 2.24) is 4.72 Å². The third kappa shape index (κ3) is 5.06. The maximum Gasteiger partial charge on any atom is 0.241 e. The van der Waals surface area contributed by atoms with Crippen LogP contribution in [0.5, 0.6) is 0 Å². The van der Waals surface area contributed by atoms with Crippen LogP contribution in [-0.2, 0) is 10.0 Å². The molecule has 0 aliphatic carbocycles. The molecule has 0 heterocycles. The van der Waals surface area contributed by atoms with Crippen molar-refractivity contribution in [3.8, 4) is 0 Å². The van der Waals surface area contributed by atoms with Gasteiger partial charge in [0.05, 0.1) is 4.90 Å². The number of benzene rings is 2. The topological polar surface area (TPSA) is 46.2 Å². The van der Waals surface area contributed by atoms with E-state index in [9.17, 15) is 8.42 Å². The lowest BCUT2D eigenvalue weighted by molar-refractivity contribution is 0.525. The summed E-state index contributed by atoms with van der Waals surface area (Å²) in [6, 6.07) is 14.0. The molecular weight excluding hydrogens is 330 g/mol. The first-order valence-electron chi connectivity index (χ1n) is 7.77. The molecule has 0 aromatic heterocycles. The van der Waals surface area contributed by atoms with Crippen molar-refractivity contribution in [2.45, 2.75) is 44.0 Å². The number of rotatable bonds is 7. The van der Waals surface area contributed by atoms with E-state index in [4.69, 9.17) is 11.6 Å². The fourth-order valence-corrected chi connectivity index (χ4v) is 3.75. The normalized spacial score (nSPS) is 13.0. The summed E-state index contributed by atoms with van der Waals surface area (Å²) in [5.41, 5.74) is 1.96. The zero-order chi connectivity index (χ0) is 16.9. The van der Waals surface area contributed by atoms with Crippen LogP contribution >= 0.6 is 11.6 Å². The van der Waals surface area contributed by atoms with E-state index < -0.39 is 10.0 Å². The Morgan fingerprint density at radius 2 is 1.65 bits per heavy atom. The summed E-state index contributed by atoms with van der Waals surface area (Å²) in [5, 5.41) is 0.643. The molecule has 0 amide bonds. The van der Waals surface area contributed by atoms with Gasteiger partial charge in [-0.1, -0.05) is 61.2 Å². The predicted octanol–water partition coefficient (Wildman–Crippen LogP) is 4.86. The third-order valence-electron chi connectivity index (χ3n) is 3.75. The Kier molecular flexibility index (Phi) is 6.22. The van der Waals surface area contributed by atoms with E-state index in [-0.39, 0.29) is 6.04 Å². The second-order valence-corrected chi connectivity index (χ2v) is 7.83. The molecule has 0 aliphatic rings. The number of unbranched alkanes of at least 4 members (excludes halogenated alkanes) is 1. The molecule has 0 saturated heterocycles. The monoisotopic (exact) mass is 351 g/mol. The zero-order valence-electron chi connectivity index (χ0n) is 13.4. The number of aryl methyl sites for hydroxylation is 1. The summed E-state index contributed by atoms with van der Waals surface area (Å²) in [7, 11) is -3.55. The van der Waals surface area contributed by atoms with Crippen LogP contribution in [0.4, 0.5) is 0 Å². The summed E-state index contributed by atoms with van der Waals surface area (Å²) < 4.78 is 28.1. The molecule has 1 unspecified atom stereocenters. The molecule has 0 saturated carbocycles. The fraction of sp³-hybridized carbons (Fsp3) is 0.333. The number of hydrogen-bond donors (Lipinski definition) is 1. The van der Waals surface area contributed by atoms with E-state index in [1.807, 2.05) is 19.1 Å². The second-order valence-electron chi connectivity index (χ2n) is 5.68. The van der Waals surface area contributed by atoms with Crippen molar-refractivity contribution >= 4 is 21.6 Å². The first-order valence-corrected chi connectivity index (χ1v) is 9.63. The molecule has 0 radical (unpaired) electrons. The van der Waals surface area contributed by atoms with Gasteiger partial charge in [0.15, 0.2) is 0 Å². The Morgan fingerprint density at radius 1 is 1.04 bits per heavy atom. The minimum absolute atomic E-state index is 0.251. The lowest BCUT2D eigenvalue weighted by Crippen LogP contribution is -2.28. The van der Waals surface area contributed by atoms with Crippen LogP contribution in [-0.4, -0.2) is 8.42 Å². The quantitative estimate of drug-likeness (QED) is 0.774. The molecular formula is C18H22ClNO2S. The largest absolute Gasteiger partial charge is 0.241 e. The maximum absolute atomic E-state index is 12.6. The zero-order valence-corrected chi connectivity index (χ0v) is 15.0. The van der Waals surface area contributed by atoms with Crippen LogP contribution in [0.1, 0.15) is 43.4 Å². The Balaban J connectivity index is 2.25. The molecule has 2 rings (SSSR count). The molecule has 0 fully saturated rings. The molecule has 1 N–H and O–H groups in total. The van der Waals surface area contributed by atoms with Crippen LogP contribution in [0.2, 0.25) is 5.02 Å². The van der Waals surface area contributed by atoms with Gasteiger partial charge in [0.1, 0.15) is 0 Å². The predicted molar refractivity (Wildman–Crippen MR) is 95.2 cm³/mol. The van der Waals surface area contributed by atoms with Crippen molar-refractivity contribution in [3.63, 3.8) is 0 Å². The van der Waals surface area contributed by atoms with Crippen LogP contribution in [0, 0.1) is 6.92 Å². The summed E-state index contributed by atoms with van der Waals surface area (Å²) in [5.74, 6) is 0. The average Bonchev–Trinajstić information content (AvgIpc) is 2.52. The van der Waals surface area contributed by atoms with Gasteiger partial charge in [0, 0.05) is 11.1 Å². The number of sulfonamides is 1. The van der Waals surface area contributed by atoms with Crippen molar-refractivity contribution in [1.29, 1.82) is 0 Å². The van der Waals surface area contributed by atoms with Crippen LogP contribution in [0.25, 0.3) is 0 Å². The Bertz CT molecular complexity index is 725. The van der Waals surface area contributed by atoms with Crippen molar-refractivity contribution in [3.05, 3.63) is 64.7 Å². The maximum atomic E-state index is 12.6. The smallest absolute Gasteiger partial charge is 0.207 e. The summed E-state index contributed by atoms with van der Waals surface area (Å²) in [4.78, 5) is 0.290. The summed E-state index contributed by atoms with van der Waals surface area (Å²) in [6.07, 6.45) is 2.71. The highest BCUT2D eigenvalue weighted by Crippen LogP contribution is 2.24. The minimum atomic E-state index is -3.55. The molecule has 2 aromatic carbocycles. The van der Waals surface area contributed by atoms with E-state index in [1.165, 1.54) is 0 Å². The standard InChI is InChI=1S/C18H22ClNO2S/c1-3-4-5-18(15-8-10-16(19)11-9-15)20-23(21,22)17-12-6-14(2)7-13-17/h6-13,18,20H,3-5H2,1-2H3. The van der Waals surface area contributed by atoms with Gasteiger partial charge in [-0.2, -0.15) is 0 Å². The molecule has 3 nitrogen and oxygen atoms in total. The molecule has 23 heavy (non-hydrogen) atoms.